The molecule has 0 saturated heterocycles. The molecule has 2 N–H and O–H groups in total. The molecule has 0 aromatic heterocycles. The average Bonchev–Trinajstić information content (AvgIpc) is 2.47. The number of methoxy groups -OCH3 is 1. The molecule has 0 aliphatic carbocycles. The van der Waals surface area contributed by atoms with Crippen molar-refractivity contribution >= 4 is 21.8 Å². The molecule has 1 aromatic carbocycles. The molecule has 0 spiro atoms. The zero-order valence-corrected chi connectivity index (χ0v) is 14.4. The maximum Gasteiger partial charge on any atom is 0.240 e. The average molecular weight is 332 g/mol. The first-order chi connectivity index (χ1) is 10.0. The molecule has 5 nitrogen and oxygen atoms in total. The van der Waals surface area contributed by atoms with Gasteiger partial charge in [-0.3, -0.25) is 0 Å². The van der Waals surface area contributed by atoms with Crippen molar-refractivity contribution in [2.45, 2.75) is 24.8 Å². The van der Waals surface area contributed by atoms with Crippen LogP contribution in [0.2, 0.25) is 0 Å². The summed E-state index contributed by atoms with van der Waals surface area (Å²) in [7, 11) is -1.87. The van der Waals surface area contributed by atoms with Gasteiger partial charge in [-0.1, -0.05) is 6.92 Å². The number of ether oxygens (including phenoxy) is 1. The lowest BCUT2D eigenvalue weighted by Crippen LogP contribution is -2.26. The molecule has 1 aromatic rings. The molecule has 0 heterocycles. The zero-order chi connectivity index (χ0) is 15.7. The molecule has 0 saturated carbocycles. The highest BCUT2D eigenvalue weighted by atomic mass is 32.2. The molecule has 0 aliphatic rings. The Morgan fingerprint density at radius 3 is 2.67 bits per heavy atom. The van der Waals surface area contributed by atoms with E-state index in [1.165, 1.54) is 0 Å². The predicted octanol–water partition coefficient (Wildman–Crippen LogP) is 1.84. The van der Waals surface area contributed by atoms with Crippen LogP contribution >= 0.6 is 11.8 Å². The van der Waals surface area contributed by atoms with Crippen molar-refractivity contribution in [1.29, 1.82) is 0 Å². The van der Waals surface area contributed by atoms with Crippen molar-refractivity contribution in [2.75, 3.05) is 32.2 Å². The van der Waals surface area contributed by atoms with E-state index in [9.17, 15) is 8.42 Å². The fourth-order valence-corrected chi connectivity index (χ4v) is 3.34. The molecule has 7 heteroatoms. The van der Waals surface area contributed by atoms with Crippen LogP contribution in [0.15, 0.2) is 23.1 Å². The van der Waals surface area contributed by atoms with Gasteiger partial charge in [0.05, 0.1) is 12.0 Å². The summed E-state index contributed by atoms with van der Waals surface area (Å²) in [5.41, 5.74) is 0.846. The molecule has 120 valence electrons. The van der Waals surface area contributed by atoms with Gasteiger partial charge in [0, 0.05) is 24.4 Å². The van der Waals surface area contributed by atoms with Gasteiger partial charge in [-0.2, -0.15) is 11.8 Å². The van der Waals surface area contributed by atoms with Gasteiger partial charge in [-0.25, -0.2) is 13.1 Å². The first kappa shape index (κ1) is 18.3. The van der Waals surface area contributed by atoms with Crippen molar-refractivity contribution in [2.24, 2.45) is 0 Å². The van der Waals surface area contributed by atoms with E-state index in [1.54, 1.807) is 37.1 Å². The van der Waals surface area contributed by atoms with Gasteiger partial charge in [0.15, 0.2) is 0 Å². The smallest absolute Gasteiger partial charge is 0.240 e. The molecular weight excluding hydrogens is 308 g/mol. The number of hydrogen-bond donors (Lipinski definition) is 2. The molecule has 1 rings (SSSR count). The topological polar surface area (TPSA) is 67.4 Å². The third-order valence-electron chi connectivity index (χ3n) is 2.90. The zero-order valence-electron chi connectivity index (χ0n) is 12.8. The molecular formula is C14H24N2O3S2. The number of sulfonamides is 1. The van der Waals surface area contributed by atoms with Crippen LogP contribution in [0, 0.1) is 0 Å². The lowest BCUT2D eigenvalue weighted by molar-refractivity contribution is 0.407. The number of benzene rings is 1. The number of nitrogens with one attached hydrogen (secondary N) is 2. The molecule has 21 heavy (non-hydrogen) atoms. The Balaban J connectivity index is 2.90. The van der Waals surface area contributed by atoms with Crippen LogP contribution in [0.3, 0.4) is 0 Å². The van der Waals surface area contributed by atoms with Crippen molar-refractivity contribution in [1.82, 2.24) is 10.0 Å². The van der Waals surface area contributed by atoms with Crippen LogP contribution in [0.1, 0.15) is 18.9 Å². The second kappa shape index (κ2) is 9.30. The van der Waals surface area contributed by atoms with Crippen LogP contribution in [0.25, 0.3) is 0 Å². The molecule has 0 unspecified atom stereocenters. The minimum atomic E-state index is -3.46. The molecule has 0 atom stereocenters. The minimum Gasteiger partial charge on any atom is -0.496 e. The Hall–Kier alpha value is -0.760. The summed E-state index contributed by atoms with van der Waals surface area (Å²) < 4.78 is 32.3. The van der Waals surface area contributed by atoms with Gasteiger partial charge in [-0.05, 0) is 37.4 Å². The van der Waals surface area contributed by atoms with Crippen LogP contribution in [0.4, 0.5) is 0 Å². The van der Waals surface area contributed by atoms with Gasteiger partial charge in [0.2, 0.25) is 10.0 Å². The van der Waals surface area contributed by atoms with Crippen LogP contribution in [0.5, 0.6) is 5.75 Å². The van der Waals surface area contributed by atoms with Crippen molar-refractivity contribution in [3.05, 3.63) is 23.8 Å². The van der Waals surface area contributed by atoms with Gasteiger partial charge >= 0.3 is 0 Å². The summed E-state index contributed by atoms with van der Waals surface area (Å²) >= 11 is 1.60. The molecule has 0 radical (unpaired) electrons. The van der Waals surface area contributed by atoms with E-state index < -0.39 is 10.0 Å². The Bertz CT molecular complexity index is 533. The Morgan fingerprint density at radius 1 is 1.29 bits per heavy atom. The van der Waals surface area contributed by atoms with Gasteiger partial charge < -0.3 is 10.1 Å². The van der Waals surface area contributed by atoms with E-state index >= 15 is 0 Å². The number of hydrogen-bond acceptors (Lipinski definition) is 5. The Labute approximate surface area is 131 Å². The summed E-state index contributed by atoms with van der Waals surface area (Å²) in [6.45, 7) is 3.98. The largest absolute Gasteiger partial charge is 0.496 e. The highest BCUT2D eigenvalue weighted by Gasteiger charge is 2.15. The van der Waals surface area contributed by atoms with Gasteiger partial charge in [-0.15, -0.1) is 0 Å². The monoisotopic (exact) mass is 332 g/mol. The van der Waals surface area contributed by atoms with E-state index in [0.717, 1.165) is 24.3 Å². The lowest BCUT2D eigenvalue weighted by atomic mass is 10.2. The normalized spacial score (nSPS) is 11.6. The molecule has 0 aliphatic heterocycles. The Kier molecular flexibility index (Phi) is 8.10. The summed E-state index contributed by atoms with van der Waals surface area (Å²) in [6, 6.07) is 4.94. The first-order valence-electron chi connectivity index (χ1n) is 6.91. The fourth-order valence-electron chi connectivity index (χ4n) is 1.82. The second-order valence-corrected chi connectivity index (χ2v) is 7.29. The van der Waals surface area contributed by atoms with Crippen molar-refractivity contribution in [3.63, 3.8) is 0 Å². The first-order valence-corrected chi connectivity index (χ1v) is 9.79. The van der Waals surface area contributed by atoms with Gasteiger partial charge in [0.1, 0.15) is 5.75 Å². The van der Waals surface area contributed by atoms with Gasteiger partial charge in [0.25, 0.3) is 0 Å². The number of thioether (sulfide) groups is 1. The third kappa shape index (κ3) is 5.86. The molecule has 0 fully saturated rings. The van der Waals surface area contributed by atoms with Crippen LogP contribution in [-0.4, -0.2) is 40.6 Å². The minimum absolute atomic E-state index is 0.276. The molecule has 0 amide bonds. The summed E-state index contributed by atoms with van der Waals surface area (Å²) in [5.74, 6) is 1.45. The fraction of sp³-hybridized carbons (Fsp3) is 0.571. The van der Waals surface area contributed by atoms with E-state index in [1.807, 2.05) is 6.26 Å². The maximum atomic E-state index is 12.2. The second-order valence-electron chi connectivity index (χ2n) is 4.54. The van der Waals surface area contributed by atoms with E-state index in [4.69, 9.17) is 4.74 Å². The summed E-state index contributed by atoms with van der Waals surface area (Å²) in [4.78, 5) is 0.276. The standard InChI is InChI=1S/C14H24N2O3S2/c1-4-7-15-11-12-10-13(5-6-14(12)19-2)21(17,18)16-8-9-20-3/h5-6,10,15-16H,4,7-9,11H2,1-3H3. The summed E-state index contributed by atoms with van der Waals surface area (Å²) in [5, 5.41) is 3.26. The highest BCUT2D eigenvalue weighted by Crippen LogP contribution is 2.22. The van der Waals surface area contributed by atoms with Crippen LogP contribution in [-0.2, 0) is 16.6 Å². The highest BCUT2D eigenvalue weighted by molar-refractivity contribution is 7.98. The SMILES string of the molecule is CCCNCc1cc(S(=O)(=O)NCCSC)ccc1OC. The van der Waals surface area contributed by atoms with Crippen molar-refractivity contribution in [3.8, 4) is 5.75 Å². The van der Waals surface area contributed by atoms with Crippen molar-refractivity contribution < 1.29 is 13.2 Å². The van der Waals surface area contributed by atoms with E-state index in [-0.39, 0.29) is 4.90 Å². The van der Waals surface area contributed by atoms with Crippen LogP contribution < -0.4 is 14.8 Å². The van der Waals surface area contributed by atoms with E-state index in [2.05, 4.69) is 17.0 Å². The molecule has 0 bridgehead atoms. The summed E-state index contributed by atoms with van der Waals surface area (Å²) in [6.07, 6.45) is 2.97. The number of rotatable bonds is 10. The quantitative estimate of drug-likeness (QED) is 0.640. The maximum absolute atomic E-state index is 12.2. The Morgan fingerprint density at radius 2 is 2.05 bits per heavy atom. The van der Waals surface area contributed by atoms with E-state index in [0.29, 0.717) is 18.8 Å². The lowest BCUT2D eigenvalue weighted by Gasteiger charge is -2.12. The predicted molar refractivity (Wildman–Crippen MR) is 88.6 cm³/mol. The third-order valence-corrected chi connectivity index (χ3v) is 4.97.